The van der Waals surface area contributed by atoms with Gasteiger partial charge in [0.05, 0.1) is 0 Å². The molecule has 0 aliphatic carbocycles. The second kappa shape index (κ2) is 8.27. The highest BCUT2D eigenvalue weighted by molar-refractivity contribution is 4.90. The van der Waals surface area contributed by atoms with Gasteiger partial charge in [0.25, 0.3) is 0 Å². The third-order valence-corrected chi connectivity index (χ3v) is 3.08. The summed E-state index contributed by atoms with van der Waals surface area (Å²) < 4.78 is 2.05. The Hall–Kier alpha value is -0.940. The Morgan fingerprint density at radius 3 is 2.68 bits per heavy atom. The van der Waals surface area contributed by atoms with E-state index in [4.69, 9.17) is 0 Å². The van der Waals surface area contributed by atoms with Gasteiger partial charge in [-0.3, -0.25) is 0 Å². The van der Waals surface area contributed by atoms with E-state index in [0.717, 1.165) is 38.3 Å². The van der Waals surface area contributed by atoms with Crippen molar-refractivity contribution in [3.8, 4) is 0 Å². The molecule has 0 saturated carbocycles. The minimum Gasteiger partial charge on any atom is -0.314 e. The number of hydrogen-bond donors (Lipinski definition) is 1. The van der Waals surface area contributed by atoms with Gasteiger partial charge in [-0.1, -0.05) is 20.8 Å². The Morgan fingerprint density at radius 1 is 1.37 bits per heavy atom. The van der Waals surface area contributed by atoms with Crippen molar-refractivity contribution in [1.29, 1.82) is 0 Å². The fourth-order valence-electron chi connectivity index (χ4n) is 2.14. The van der Waals surface area contributed by atoms with Crippen molar-refractivity contribution in [2.24, 2.45) is 5.92 Å². The number of nitrogens with zero attached hydrogens (tertiary/aromatic N) is 4. The average molecular weight is 267 g/mol. The van der Waals surface area contributed by atoms with E-state index >= 15 is 0 Å². The molecule has 0 aliphatic rings. The van der Waals surface area contributed by atoms with Crippen LogP contribution in [0.5, 0.6) is 0 Å². The van der Waals surface area contributed by atoms with Crippen molar-refractivity contribution in [3.63, 3.8) is 0 Å². The number of hydrogen-bond acceptors (Lipinski definition) is 4. The number of rotatable bonds is 9. The van der Waals surface area contributed by atoms with Crippen LogP contribution >= 0.6 is 0 Å². The van der Waals surface area contributed by atoms with Gasteiger partial charge in [0.15, 0.2) is 0 Å². The molecule has 5 nitrogen and oxygen atoms in total. The molecule has 1 aromatic rings. The minimum atomic E-state index is 0.475. The van der Waals surface area contributed by atoms with E-state index in [1.165, 1.54) is 0 Å². The quantitative estimate of drug-likeness (QED) is 0.735. The maximum atomic E-state index is 4.42. The van der Waals surface area contributed by atoms with Crippen LogP contribution in [0.3, 0.4) is 0 Å². The fourth-order valence-corrected chi connectivity index (χ4v) is 2.14. The maximum absolute atomic E-state index is 4.42. The Kier molecular flexibility index (Phi) is 7.02. The van der Waals surface area contributed by atoms with Crippen molar-refractivity contribution >= 4 is 0 Å². The normalized spacial score (nSPS) is 13.4. The maximum Gasteiger partial charge on any atom is 0.138 e. The first-order valence-corrected chi connectivity index (χ1v) is 7.27. The predicted octanol–water partition coefficient (Wildman–Crippen LogP) is 1.41. The van der Waals surface area contributed by atoms with Crippen LogP contribution in [-0.4, -0.2) is 52.9 Å². The van der Waals surface area contributed by atoms with Crippen LogP contribution < -0.4 is 5.32 Å². The largest absolute Gasteiger partial charge is 0.314 e. The molecule has 110 valence electrons. The molecule has 0 amide bonds. The lowest BCUT2D eigenvalue weighted by atomic mass is 10.1. The van der Waals surface area contributed by atoms with Crippen LogP contribution in [0.2, 0.25) is 0 Å². The SMILES string of the molecule is CCNC(CCN(C)C)Cc1ncnn1CC(C)C. The van der Waals surface area contributed by atoms with Gasteiger partial charge in [-0.05, 0) is 39.5 Å². The van der Waals surface area contributed by atoms with Crippen LogP contribution in [0.1, 0.15) is 33.0 Å². The minimum absolute atomic E-state index is 0.475. The predicted molar refractivity (Wildman–Crippen MR) is 79.2 cm³/mol. The molecular formula is C14H29N5. The summed E-state index contributed by atoms with van der Waals surface area (Å²) in [6.45, 7) is 9.61. The molecule has 0 aliphatic heterocycles. The van der Waals surface area contributed by atoms with Crippen molar-refractivity contribution in [2.45, 2.75) is 46.2 Å². The molecule has 0 aromatic carbocycles. The molecule has 0 fully saturated rings. The molecular weight excluding hydrogens is 238 g/mol. The second-order valence-corrected chi connectivity index (χ2v) is 5.80. The van der Waals surface area contributed by atoms with Gasteiger partial charge in [-0.15, -0.1) is 0 Å². The zero-order chi connectivity index (χ0) is 14.3. The first-order valence-electron chi connectivity index (χ1n) is 7.27. The summed E-state index contributed by atoms with van der Waals surface area (Å²) in [7, 11) is 4.23. The van der Waals surface area contributed by atoms with Gasteiger partial charge in [0.2, 0.25) is 0 Å². The van der Waals surface area contributed by atoms with Crippen molar-refractivity contribution in [3.05, 3.63) is 12.2 Å². The fraction of sp³-hybridized carbons (Fsp3) is 0.857. The van der Waals surface area contributed by atoms with Crippen molar-refractivity contribution in [1.82, 2.24) is 25.0 Å². The van der Waals surface area contributed by atoms with Crippen LogP contribution in [-0.2, 0) is 13.0 Å². The third-order valence-electron chi connectivity index (χ3n) is 3.08. The average Bonchev–Trinajstić information content (AvgIpc) is 2.73. The molecule has 1 unspecified atom stereocenters. The highest BCUT2D eigenvalue weighted by Crippen LogP contribution is 2.06. The summed E-state index contributed by atoms with van der Waals surface area (Å²) in [5, 5.41) is 7.88. The molecule has 1 atom stereocenters. The summed E-state index contributed by atoms with van der Waals surface area (Å²) in [5.74, 6) is 1.69. The molecule has 0 bridgehead atoms. The van der Waals surface area contributed by atoms with Gasteiger partial charge in [0, 0.05) is 19.0 Å². The van der Waals surface area contributed by atoms with Gasteiger partial charge >= 0.3 is 0 Å². The first-order chi connectivity index (χ1) is 9.02. The lowest BCUT2D eigenvalue weighted by Gasteiger charge is -2.20. The number of aromatic nitrogens is 3. The molecule has 19 heavy (non-hydrogen) atoms. The van der Waals surface area contributed by atoms with Gasteiger partial charge in [-0.25, -0.2) is 9.67 Å². The van der Waals surface area contributed by atoms with Gasteiger partial charge < -0.3 is 10.2 Å². The van der Waals surface area contributed by atoms with Gasteiger partial charge in [0.1, 0.15) is 12.2 Å². The van der Waals surface area contributed by atoms with E-state index in [9.17, 15) is 0 Å². The van der Waals surface area contributed by atoms with Crippen molar-refractivity contribution < 1.29 is 0 Å². The van der Waals surface area contributed by atoms with E-state index < -0.39 is 0 Å². The lowest BCUT2D eigenvalue weighted by molar-refractivity contribution is 0.352. The smallest absolute Gasteiger partial charge is 0.138 e. The molecule has 1 N–H and O–H groups in total. The Morgan fingerprint density at radius 2 is 2.11 bits per heavy atom. The summed E-state index contributed by atoms with van der Waals surface area (Å²) in [6.07, 6.45) is 3.76. The summed E-state index contributed by atoms with van der Waals surface area (Å²) >= 11 is 0. The summed E-state index contributed by atoms with van der Waals surface area (Å²) in [4.78, 5) is 6.64. The Bertz CT molecular complexity index is 345. The zero-order valence-corrected chi connectivity index (χ0v) is 13.1. The Balaban J connectivity index is 2.59. The molecule has 0 spiro atoms. The highest BCUT2D eigenvalue weighted by Gasteiger charge is 2.14. The standard InChI is InChI=1S/C14H29N5/c1-6-15-13(7-8-18(4)5)9-14-16-11-17-19(14)10-12(2)3/h11-13,15H,6-10H2,1-5H3. The molecule has 1 aromatic heterocycles. The molecule has 1 rings (SSSR count). The highest BCUT2D eigenvalue weighted by atomic mass is 15.3. The lowest BCUT2D eigenvalue weighted by Crippen LogP contribution is -2.35. The van der Waals surface area contributed by atoms with Crippen LogP contribution in [0, 0.1) is 5.92 Å². The second-order valence-electron chi connectivity index (χ2n) is 5.80. The molecule has 0 saturated heterocycles. The topological polar surface area (TPSA) is 46.0 Å². The van der Waals surface area contributed by atoms with Crippen LogP contribution in [0.15, 0.2) is 6.33 Å². The van der Waals surface area contributed by atoms with Crippen molar-refractivity contribution in [2.75, 3.05) is 27.2 Å². The van der Waals surface area contributed by atoms with Gasteiger partial charge in [-0.2, -0.15) is 5.10 Å². The molecule has 5 heteroatoms. The third kappa shape index (κ3) is 6.16. The molecule has 1 heterocycles. The van der Waals surface area contributed by atoms with E-state index in [1.54, 1.807) is 6.33 Å². The van der Waals surface area contributed by atoms with Crippen LogP contribution in [0.4, 0.5) is 0 Å². The van der Waals surface area contributed by atoms with E-state index in [0.29, 0.717) is 12.0 Å². The van der Waals surface area contributed by atoms with Crippen LogP contribution in [0.25, 0.3) is 0 Å². The van der Waals surface area contributed by atoms with E-state index in [-0.39, 0.29) is 0 Å². The molecule has 0 radical (unpaired) electrons. The van der Waals surface area contributed by atoms with E-state index in [2.05, 4.69) is 55.2 Å². The Labute approximate surface area is 117 Å². The first kappa shape index (κ1) is 16.1. The number of likely N-dealkylation sites (N-methyl/N-ethyl adjacent to an activating group) is 1. The monoisotopic (exact) mass is 267 g/mol. The van der Waals surface area contributed by atoms with E-state index in [1.807, 2.05) is 4.68 Å². The summed E-state index contributed by atoms with van der Waals surface area (Å²) in [5.41, 5.74) is 0. The summed E-state index contributed by atoms with van der Waals surface area (Å²) in [6, 6.07) is 0.475. The zero-order valence-electron chi connectivity index (χ0n) is 13.1. The number of nitrogens with one attached hydrogen (secondary N) is 1.